The molecule has 0 aliphatic rings. The second-order valence-electron chi connectivity index (χ2n) is 3.79. The van der Waals surface area contributed by atoms with Gasteiger partial charge in [-0.1, -0.05) is 18.2 Å². The van der Waals surface area contributed by atoms with Gasteiger partial charge >= 0.3 is 5.97 Å². The zero-order chi connectivity index (χ0) is 13.9. The van der Waals surface area contributed by atoms with Crippen LogP contribution in [0.4, 0.5) is 0 Å². The van der Waals surface area contributed by atoms with Crippen molar-refractivity contribution in [1.29, 1.82) is 0 Å². The number of carbonyl (C=O) groups is 2. The number of rotatable bonds is 5. The number of alkyl halides is 1. The molecule has 0 radical (unpaired) electrons. The number of carboxylic acid groups (broad SMARTS) is 1. The van der Waals surface area contributed by atoms with Crippen LogP contribution in [0.25, 0.3) is 0 Å². The van der Waals surface area contributed by atoms with Gasteiger partial charge in [-0.3, -0.25) is 4.79 Å². The standard InChI is InChI=1S/C12H13ClO5/c1-6(15)10(13)7-3-2-4-8(9(7)5-14)11(16)12(17)18/h2-4,10-11,14,16H,5H2,1H3,(H,17,18). The van der Waals surface area contributed by atoms with Gasteiger partial charge in [-0.15, -0.1) is 11.6 Å². The number of ketones is 1. The number of hydrogen-bond donors (Lipinski definition) is 3. The van der Waals surface area contributed by atoms with Crippen molar-refractivity contribution >= 4 is 23.4 Å². The third kappa shape index (κ3) is 2.87. The Morgan fingerprint density at radius 2 is 1.89 bits per heavy atom. The van der Waals surface area contributed by atoms with Crippen molar-refractivity contribution in [1.82, 2.24) is 0 Å². The third-order valence-electron chi connectivity index (χ3n) is 2.57. The zero-order valence-electron chi connectivity index (χ0n) is 9.63. The fraction of sp³-hybridized carbons (Fsp3) is 0.333. The van der Waals surface area contributed by atoms with E-state index in [0.717, 1.165) is 0 Å². The molecule has 3 N–H and O–H groups in total. The predicted molar refractivity (Wildman–Crippen MR) is 64.2 cm³/mol. The first kappa shape index (κ1) is 14.6. The molecular formula is C12H13ClO5. The molecule has 0 saturated carbocycles. The first-order valence-electron chi connectivity index (χ1n) is 5.18. The Kier molecular flexibility index (Phi) is 4.84. The van der Waals surface area contributed by atoms with Gasteiger partial charge < -0.3 is 15.3 Å². The summed E-state index contributed by atoms with van der Waals surface area (Å²) in [6.45, 7) is 0.783. The Morgan fingerprint density at radius 1 is 1.33 bits per heavy atom. The Hall–Kier alpha value is -1.43. The highest BCUT2D eigenvalue weighted by molar-refractivity contribution is 6.30. The summed E-state index contributed by atoms with van der Waals surface area (Å²) < 4.78 is 0. The van der Waals surface area contributed by atoms with Gasteiger partial charge in [0.25, 0.3) is 0 Å². The van der Waals surface area contributed by atoms with Crippen molar-refractivity contribution in [3.05, 3.63) is 34.9 Å². The Balaban J connectivity index is 3.34. The van der Waals surface area contributed by atoms with E-state index in [0.29, 0.717) is 5.56 Å². The van der Waals surface area contributed by atoms with Gasteiger partial charge in [-0.2, -0.15) is 0 Å². The van der Waals surface area contributed by atoms with Gasteiger partial charge in [-0.05, 0) is 23.6 Å². The Morgan fingerprint density at radius 3 is 2.33 bits per heavy atom. The van der Waals surface area contributed by atoms with Crippen LogP contribution in [-0.4, -0.2) is 27.1 Å². The zero-order valence-corrected chi connectivity index (χ0v) is 10.4. The van der Waals surface area contributed by atoms with Crippen LogP contribution in [-0.2, 0) is 16.2 Å². The molecule has 0 aliphatic heterocycles. The highest BCUT2D eigenvalue weighted by Crippen LogP contribution is 2.30. The normalized spacial score (nSPS) is 14.0. The second kappa shape index (κ2) is 5.95. The molecule has 0 heterocycles. The summed E-state index contributed by atoms with van der Waals surface area (Å²) in [6.07, 6.45) is -1.76. The van der Waals surface area contributed by atoms with Gasteiger partial charge in [0.1, 0.15) is 5.38 Å². The lowest BCUT2D eigenvalue weighted by atomic mass is 9.94. The van der Waals surface area contributed by atoms with Crippen LogP contribution in [0.2, 0.25) is 0 Å². The maximum Gasteiger partial charge on any atom is 0.337 e. The van der Waals surface area contributed by atoms with Gasteiger partial charge in [0.05, 0.1) is 6.61 Å². The summed E-state index contributed by atoms with van der Waals surface area (Å²) in [5.41, 5.74) is 0.515. The monoisotopic (exact) mass is 272 g/mol. The minimum absolute atomic E-state index is 0.0365. The predicted octanol–water partition coefficient (Wildman–Crippen LogP) is 1.17. The summed E-state index contributed by atoms with van der Waals surface area (Å²) >= 11 is 5.89. The summed E-state index contributed by atoms with van der Waals surface area (Å²) in [6, 6.07) is 4.37. The first-order chi connectivity index (χ1) is 8.40. The molecule has 2 atom stereocenters. The van der Waals surface area contributed by atoms with E-state index in [2.05, 4.69) is 0 Å². The maximum atomic E-state index is 11.2. The molecule has 6 heteroatoms. The molecule has 0 amide bonds. The van der Waals surface area contributed by atoms with Crippen molar-refractivity contribution in [2.45, 2.75) is 25.0 Å². The number of carbonyl (C=O) groups excluding carboxylic acids is 1. The molecule has 1 rings (SSSR count). The van der Waals surface area contributed by atoms with Gasteiger partial charge in [0.2, 0.25) is 0 Å². The number of halogens is 1. The minimum Gasteiger partial charge on any atom is -0.479 e. The first-order valence-corrected chi connectivity index (χ1v) is 5.61. The minimum atomic E-state index is -1.76. The van der Waals surface area contributed by atoms with E-state index < -0.39 is 24.1 Å². The third-order valence-corrected chi connectivity index (χ3v) is 3.11. The largest absolute Gasteiger partial charge is 0.479 e. The van der Waals surface area contributed by atoms with E-state index in [1.807, 2.05) is 0 Å². The SMILES string of the molecule is CC(=O)C(Cl)c1cccc(C(O)C(=O)O)c1CO. The van der Waals surface area contributed by atoms with Crippen molar-refractivity contribution in [3.8, 4) is 0 Å². The molecule has 18 heavy (non-hydrogen) atoms. The lowest BCUT2D eigenvalue weighted by molar-refractivity contribution is -0.147. The molecule has 1 aromatic carbocycles. The number of carboxylic acids is 1. The van der Waals surface area contributed by atoms with Crippen LogP contribution >= 0.6 is 11.6 Å². The van der Waals surface area contributed by atoms with Gasteiger partial charge in [0.15, 0.2) is 11.9 Å². The van der Waals surface area contributed by atoms with Gasteiger partial charge in [-0.25, -0.2) is 4.79 Å². The Bertz CT molecular complexity index is 433. The fourth-order valence-electron chi connectivity index (χ4n) is 1.65. The fourth-order valence-corrected chi connectivity index (χ4v) is 1.86. The van der Waals surface area contributed by atoms with Crippen molar-refractivity contribution in [2.75, 3.05) is 0 Å². The summed E-state index contributed by atoms with van der Waals surface area (Å²) in [5.74, 6) is -1.76. The molecule has 2 unspecified atom stereocenters. The smallest absolute Gasteiger partial charge is 0.337 e. The maximum absolute atomic E-state index is 11.2. The Labute approximate surface area is 109 Å². The van der Waals surface area contributed by atoms with E-state index >= 15 is 0 Å². The molecule has 0 saturated heterocycles. The summed E-state index contributed by atoms with van der Waals surface area (Å²) in [4.78, 5) is 22.0. The highest BCUT2D eigenvalue weighted by Gasteiger charge is 2.24. The summed E-state index contributed by atoms with van der Waals surface area (Å²) in [5, 5.41) is 26.6. The molecular weight excluding hydrogens is 260 g/mol. The van der Waals surface area contributed by atoms with Crippen molar-refractivity contribution in [2.24, 2.45) is 0 Å². The van der Waals surface area contributed by atoms with Crippen LogP contribution in [0.1, 0.15) is 35.1 Å². The van der Waals surface area contributed by atoms with Crippen LogP contribution in [0.3, 0.4) is 0 Å². The van der Waals surface area contributed by atoms with Gasteiger partial charge in [0, 0.05) is 0 Å². The van der Waals surface area contributed by atoms with E-state index in [-0.39, 0.29) is 16.9 Å². The van der Waals surface area contributed by atoms with E-state index in [4.69, 9.17) is 16.7 Å². The van der Waals surface area contributed by atoms with E-state index in [1.165, 1.54) is 25.1 Å². The van der Waals surface area contributed by atoms with E-state index in [9.17, 15) is 19.8 Å². The van der Waals surface area contributed by atoms with Crippen LogP contribution in [0.15, 0.2) is 18.2 Å². The quantitative estimate of drug-likeness (QED) is 0.699. The number of aliphatic carboxylic acids is 1. The molecule has 1 aromatic rings. The highest BCUT2D eigenvalue weighted by atomic mass is 35.5. The average Bonchev–Trinajstić information content (AvgIpc) is 2.35. The lowest BCUT2D eigenvalue weighted by Crippen LogP contribution is -2.15. The number of benzene rings is 1. The molecule has 0 aromatic heterocycles. The molecule has 0 bridgehead atoms. The summed E-state index contributed by atoms with van der Waals surface area (Å²) in [7, 11) is 0. The molecule has 0 aliphatic carbocycles. The molecule has 0 fully saturated rings. The number of Topliss-reactive ketones (excluding diaryl/α,β-unsaturated/α-hetero) is 1. The van der Waals surface area contributed by atoms with Crippen LogP contribution in [0.5, 0.6) is 0 Å². The molecule has 5 nitrogen and oxygen atoms in total. The van der Waals surface area contributed by atoms with Crippen LogP contribution in [0, 0.1) is 0 Å². The second-order valence-corrected chi connectivity index (χ2v) is 4.22. The van der Waals surface area contributed by atoms with E-state index in [1.54, 1.807) is 0 Å². The lowest BCUT2D eigenvalue weighted by Gasteiger charge is -2.17. The van der Waals surface area contributed by atoms with Crippen molar-refractivity contribution < 1.29 is 24.9 Å². The van der Waals surface area contributed by atoms with Crippen molar-refractivity contribution in [3.63, 3.8) is 0 Å². The topological polar surface area (TPSA) is 94.8 Å². The molecule has 0 spiro atoms. The average molecular weight is 273 g/mol. The number of aliphatic hydroxyl groups excluding tert-OH is 2. The molecule has 98 valence electrons. The van der Waals surface area contributed by atoms with Crippen LogP contribution < -0.4 is 0 Å². The number of aliphatic hydroxyl groups is 2. The number of hydrogen-bond acceptors (Lipinski definition) is 4.